The minimum Gasteiger partial charge on any atom is -0.462 e. The summed E-state index contributed by atoms with van der Waals surface area (Å²) in [6.45, 7) is 8.45. The second kappa shape index (κ2) is 11.1. The van der Waals surface area contributed by atoms with Gasteiger partial charge in [0.2, 0.25) is 5.12 Å². The third-order valence-electron chi connectivity index (χ3n) is 4.71. The highest BCUT2D eigenvalue weighted by Crippen LogP contribution is 2.40. The summed E-state index contributed by atoms with van der Waals surface area (Å²) in [6, 6.07) is 9.83. The van der Waals surface area contributed by atoms with Crippen molar-refractivity contribution in [3.8, 4) is 0 Å². The van der Waals surface area contributed by atoms with Gasteiger partial charge in [0.05, 0.1) is 17.9 Å². The summed E-state index contributed by atoms with van der Waals surface area (Å²) in [6.07, 6.45) is 3.09. The van der Waals surface area contributed by atoms with Crippen LogP contribution in [0.15, 0.2) is 47.2 Å². The van der Waals surface area contributed by atoms with Crippen molar-refractivity contribution < 1.29 is 14.3 Å². The van der Waals surface area contributed by atoms with Crippen molar-refractivity contribution in [3.05, 3.63) is 52.7 Å². The van der Waals surface area contributed by atoms with Crippen LogP contribution in [0.2, 0.25) is 0 Å². The van der Waals surface area contributed by atoms with Crippen molar-refractivity contribution in [2.75, 3.05) is 12.4 Å². The average molecular weight is 402 g/mol. The number of hydrogen-bond donors (Lipinski definition) is 1. The maximum Gasteiger partial charge on any atom is 0.336 e. The van der Waals surface area contributed by atoms with Crippen molar-refractivity contribution in [2.24, 2.45) is 5.92 Å². The van der Waals surface area contributed by atoms with Gasteiger partial charge in [0.15, 0.2) is 0 Å². The zero-order valence-electron chi connectivity index (χ0n) is 17.3. The molecular weight excluding hydrogens is 370 g/mol. The zero-order valence-corrected chi connectivity index (χ0v) is 18.2. The molecule has 1 unspecified atom stereocenters. The maximum absolute atomic E-state index is 13.1. The Labute approximate surface area is 172 Å². The number of benzene rings is 1. The average Bonchev–Trinajstić information content (AvgIpc) is 2.72. The van der Waals surface area contributed by atoms with E-state index in [9.17, 15) is 9.59 Å². The van der Waals surface area contributed by atoms with Gasteiger partial charge in [-0.25, -0.2) is 4.79 Å². The van der Waals surface area contributed by atoms with Gasteiger partial charge >= 0.3 is 5.97 Å². The first-order valence-corrected chi connectivity index (χ1v) is 11.2. The third kappa shape index (κ3) is 5.07. The number of allylic oxidation sites excluding steroid dienone is 1. The lowest BCUT2D eigenvalue weighted by Crippen LogP contribution is -2.33. The molecule has 0 aromatic heterocycles. The van der Waals surface area contributed by atoms with Crippen LogP contribution in [0, 0.1) is 5.92 Å². The van der Waals surface area contributed by atoms with Gasteiger partial charge in [-0.3, -0.25) is 4.79 Å². The van der Waals surface area contributed by atoms with Gasteiger partial charge in [-0.2, -0.15) is 0 Å². The predicted molar refractivity (Wildman–Crippen MR) is 117 cm³/mol. The quantitative estimate of drug-likeness (QED) is 0.568. The molecule has 1 atom stereocenters. The fraction of sp³-hybridized carbons (Fsp3) is 0.478. The first-order chi connectivity index (χ1) is 13.6. The number of carbonyl (C=O) groups excluding carboxylic acids is 2. The molecule has 0 radical (unpaired) electrons. The van der Waals surface area contributed by atoms with Crippen molar-refractivity contribution in [1.82, 2.24) is 5.32 Å². The van der Waals surface area contributed by atoms with Gasteiger partial charge in [-0.05, 0) is 30.6 Å². The molecule has 2 rings (SSSR count). The molecule has 0 saturated heterocycles. The van der Waals surface area contributed by atoms with E-state index in [1.807, 2.05) is 51.1 Å². The molecule has 5 heteroatoms. The number of dihydropyridines is 1. The first kappa shape index (κ1) is 22.3. The SMILES string of the molecule is CCCOC(=O)C1=C(c2ccccc2)NC(CC)=C(C(=O)SCC)C1CCC. The molecule has 1 aliphatic rings. The summed E-state index contributed by atoms with van der Waals surface area (Å²) < 4.78 is 5.54. The lowest BCUT2D eigenvalue weighted by molar-refractivity contribution is -0.139. The highest BCUT2D eigenvalue weighted by Gasteiger charge is 2.37. The molecular formula is C23H31NO3S. The van der Waals surface area contributed by atoms with Crippen LogP contribution in [0.3, 0.4) is 0 Å². The number of thioether (sulfide) groups is 1. The topological polar surface area (TPSA) is 55.4 Å². The fourth-order valence-corrected chi connectivity index (χ4v) is 4.18. The zero-order chi connectivity index (χ0) is 20.5. The van der Waals surface area contributed by atoms with Crippen LogP contribution >= 0.6 is 11.8 Å². The Hall–Kier alpha value is -2.01. The number of rotatable bonds is 9. The normalized spacial score (nSPS) is 16.8. The smallest absolute Gasteiger partial charge is 0.336 e. The number of esters is 1. The highest BCUT2D eigenvalue weighted by molar-refractivity contribution is 8.14. The van der Waals surface area contributed by atoms with Gasteiger partial charge in [0, 0.05) is 17.2 Å². The lowest BCUT2D eigenvalue weighted by Gasteiger charge is -2.32. The van der Waals surface area contributed by atoms with E-state index in [0.29, 0.717) is 24.4 Å². The van der Waals surface area contributed by atoms with Gasteiger partial charge in [0.1, 0.15) is 0 Å². The molecule has 28 heavy (non-hydrogen) atoms. The standard InChI is InChI=1S/C23H31NO3S/c1-5-12-17-19(23(26)28-8-4)18(7-3)24-21(16-13-10-9-11-14-16)20(17)22(25)27-15-6-2/h9-11,13-14,17,24H,5-8,12,15H2,1-4H3. The number of hydrogen-bond acceptors (Lipinski definition) is 5. The first-order valence-electron chi connectivity index (χ1n) is 10.2. The Morgan fingerprint density at radius 1 is 1.04 bits per heavy atom. The van der Waals surface area contributed by atoms with E-state index in [1.165, 1.54) is 11.8 Å². The van der Waals surface area contributed by atoms with Crippen LogP contribution in [0.5, 0.6) is 0 Å². The fourth-order valence-electron chi connectivity index (χ4n) is 3.49. The molecule has 152 valence electrons. The summed E-state index contributed by atoms with van der Waals surface area (Å²) in [5, 5.41) is 3.48. The molecule has 0 aliphatic carbocycles. The van der Waals surface area contributed by atoms with Crippen molar-refractivity contribution in [2.45, 2.75) is 53.4 Å². The lowest BCUT2D eigenvalue weighted by atomic mass is 9.81. The van der Waals surface area contributed by atoms with Crippen LogP contribution in [-0.4, -0.2) is 23.4 Å². The minimum atomic E-state index is -0.325. The molecule has 0 spiro atoms. The monoisotopic (exact) mass is 401 g/mol. The summed E-state index contributed by atoms with van der Waals surface area (Å²) in [5.74, 6) is 0.143. The van der Waals surface area contributed by atoms with Crippen molar-refractivity contribution >= 4 is 28.5 Å². The Morgan fingerprint density at radius 3 is 2.32 bits per heavy atom. The summed E-state index contributed by atoms with van der Waals surface area (Å²) in [4.78, 5) is 26.1. The van der Waals surface area contributed by atoms with Crippen LogP contribution in [-0.2, 0) is 14.3 Å². The molecule has 0 bridgehead atoms. The molecule has 0 amide bonds. The molecule has 1 aliphatic heterocycles. The Balaban J connectivity index is 2.64. The van der Waals surface area contributed by atoms with Gasteiger partial charge in [0.25, 0.3) is 0 Å². The van der Waals surface area contributed by atoms with Gasteiger partial charge < -0.3 is 10.1 Å². The van der Waals surface area contributed by atoms with Crippen molar-refractivity contribution in [3.63, 3.8) is 0 Å². The molecule has 1 aromatic carbocycles. The van der Waals surface area contributed by atoms with Crippen LogP contribution in [0.1, 0.15) is 58.9 Å². The second-order valence-electron chi connectivity index (χ2n) is 6.72. The van der Waals surface area contributed by atoms with E-state index in [1.54, 1.807) is 0 Å². The van der Waals surface area contributed by atoms with E-state index in [0.717, 1.165) is 41.8 Å². The Morgan fingerprint density at radius 2 is 1.75 bits per heavy atom. The van der Waals surface area contributed by atoms with Gasteiger partial charge in [-0.15, -0.1) is 0 Å². The minimum absolute atomic E-state index is 0.0539. The maximum atomic E-state index is 13.1. The number of carbonyl (C=O) groups is 2. The van der Waals surface area contributed by atoms with E-state index in [-0.39, 0.29) is 17.0 Å². The predicted octanol–water partition coefficient (Wildman–Crippen LogP) is 5.31. The molecule has 1 N–H and O–H groups in total. The number of ether oxygens (including phenoxy) is 1. The van der Waals surface area contributed by atoms with Gasteiger partial charge in [-0.1, -0.05) is 76.2 Å². The highest BCUT2D eigenvalue weighted by atomic mass is 32.2. The molecule has 0 fully saturated rings. The third-order valence-corrected chi connectivity index (χ3v) is 5.48. The van der Waals surface area contributed by atoms with Crippen LogP contribution in [0.4, 0.5) is 0 Å². The van der Waals surface area contributed by atoms with E-state index in [2.05, 4.69) is 12.2 Å². The summed E-state index contributed by atoms with van der Waals surface area (Å²) >= 11 is 1.30. The van der Waals surface area contributed by atoms with Crippen LogP contribution in [0.25, 0.3) is 5.70 Å². The molecule has 1 heterocycles. The summed E-state index contributed by atoms with van der Waals surface area (Å²) in [5.41, 5.74) is 3.94. The van der Waals surface area contributed by atoms with Crippen LogP contribution < -0.4 is 5.32 Å². The largest absolute Gasteiger partial charge is 0.462 e. The Kier molecular flexibility index (Phi) is 8.84. The van der Waals surface area contributed by atoms with E-state index in [4.69, 9.17) is 4.74 Å². The molecule has 1 aromatic rings. The second-order valence-corrected chi connectivity index (χ2v) is 7.96. The molecule has 4 nitrogen and oxygen atoms in total. The number of nitrogens with one attached hydrogen (secondary N) is 1. The van der Waals surface area contributed by atoms with E-state index >= 15 is 0 Å². The van der Waals surface area contributed by atoms with E-state index < -0.39 is 0 Å². The Bertz CT molecular complexity index is 752. The molecule has 0 saturated carbocycles. The summed E-state index contributed by atoms with van der Waals surface area (Å²) in [7, 11) is 0. The van der Waals surface area contributed by atoms with Crippen molar-refractivity contribution in [1.29, 1.82) is 0 Å².